The molecule has 1 unspecified atom stereocenters. The van der Waals surface area contributed by atoms with Crippen LogP contribution in [0, 0.1) is 6.92 Å². The van der Waals surface area contributed by atoms with Crippen molar-refractivity contribution in [2.45, 2.75) is 45.6 Å². The van der Waals surface area contributed by atoms with Crippen LogP contribution in [-0.4, -0.2) is 27.9 Å². The topological polar surface area (TPSA) is 42.7 Å². The molecule has 15 heavy (non-hydrogen) atoms. The van der Waals surface area contributed by atoms with Crippen LogP contribution < -0.4 is 5.32 Å². The van der Waals surface area contributed by atoms with Crippen molar-refractivity contribution in [1.82, 2.24) is 20.1 Å². The third-order valence-corrected chi connectivity index (χ3v) is 3.29. The van der Waals surface area contributed by atoms with Crippen molar-refractivity contribution >= 4 is 0 Å². The molecule has 1 saturated heterocycles. The molecule has 0 bridgehead atoms. The van der Waals surface area contributed by atoms with Crippen molar-refractivity contribution in [2.24, 2.45) is 0 Å². The summed E-state index contributed by atoms with van der Waals surface area (Å²) in [6.45, 7) is 9.66. The minimum atomic E-state index is 0.177. The lowest BCUT2D eigenvalue weighted by molar-refractivity contribution is 0.450. The van der Waals surface area contributed by atoms with Gasteiger partial charge in [0.1, 0.15) is 11.6 Å². The fraction of sp³-hybridized carbons (Fsp3) is 0.818. The maximum atomic E-state index is 4.36. The molecule has 1 aliphatic rings. The second-order valence-electron chi connectivity index (χ2n) is 4.71. The largest absolute Gasteiger partial charge is 0.316 e. The number of hydrogen-bond donors (Lipinski definition) is 1. The number of aryl methyl sites for hydroxylation is 1. The molecule has 1 atom stereocenters. The van der Waals surface area contributed by atoms with Gasteiger partial charge >= 0.3 is 0 Å². The fourth-order valence-corrected chi connectivity index (χ4v) is 2.33. The van der Waals surface area contributed by atoms with E-state index in [0.717, 1.165) is 44.1 Å². The zero-order valence-corrected chi connectivity index (χ0v) is 9.88. The van der Waals surface area contributed by atoms with Gasteiger partial charge in [0.2, 0.25) is 0 Å². The van der Waals surface area contributed by atoms with Gasteiger partial charge in [-0.1, -0.05) is 13.8 Å². The molecule has 1 fully saturated rings. The number of rotatable bonds is 3. The summed E-state index contributed by atoms with van der Waals surface area (Å²) in [6.07, 6.45) is 2.30. The van der Waals surface area contributed by atoms with Gasteiger partial charge in [0, 0.05) is 18.5 Å². The van der Waals surface area contributed by atoms with Gasteiger partial charge in [-0.2, -0.15) is 0 Å². The molecule has 0 aromatic carbocycles. The smallest absolute Gasteiger partial charge is 0.140 e. The first-order valence-electron chi connectivity index (χ1n) is 5.78. The van der Waals surface area contributed by atoms with E-state index in [-0.39, 0.29) is 5.41 Å². The van der Waals surface area contributed by atoms with Gasteiger partial charge in [0.05, 0.1) is 0 Å². The van der Waals surface area contributed by atoms with E-state index in [4.69, 9.17) is 0 Å². The minimum Gasteiger partial charge on any atom is -0.316 e. The molecule has 84 valence electrons. The number of nitrogens with zero attached hydrogens (tertiary/aromatic N) is 3. The summed E-state index contributed by atoms with van der Waals surface area (Å²) in [7, 11) is 0. The first-order chi connectivity index (χ1) is 7.17. The van der Waals surface area contributed by atoms with Crippen molar-refractivity contribution in [1.29, 1.82) is 0 Å². The molecule has 1 N–H and O–H groups in total. The lowest BCUT2D eigenvalue weighted by Crippen LogP contribution is -2.29. The molecule has 2 rings (SSSR count). The maximum Gasteiger partial charge on any atom is 0.140 e. The van der Waals surface area contributed by atoms with Gasteiger partial charge in [-0.3, -0.25) is 0 Å². The van der Waals surface area contributed by atoms with Crippen LogP contribution in [0.1, 0.15) is 38.3 Å². The first-order valence-corrected chi connectivity index (χ1v) is 5.78. The number of hydrogen-bond acceptors (Lipinski definition) is 3. The molecule has 4 nitrogen and oxygen atoms in total. The average Bonchev–Trinajstić information content (AvgIpc) is 2.77. The minimum absolute atomic E-state index is 0.177. The highest BCUT2D eigenvalue weighted by atomic mass is 15.3. The summed E-state index contributed by atoms with van der Waals surface area (Å²) >= 11 is 0. The van der Waals surface area contributed by atoms with Gasteiger partial charge in [-0.05, 0) is 26.3 Å². The molecule has 1 aromatic rings. The third kappa shape index (κ3) is 1.78. The summed E-state index contributed by atoms with van der Waals surface area (Å²) < 4.78 is 2.27. The van der Waals surface area contributed by atoms with E-state index in [2.05, 4.69) is 33.9 Å². The van der Waals surface area contributed by atoms with E-state index >= 15 is 0 Å². The van der Waals surface area contributed by atoms with Gasteiger partial charge in [-0.15, -0.1) is 10.2 Å². The number of aromatic nitrogens is 3. The Morgan fingerprint density at radius 1 is 1.47 bits per heavy atom. The second-order valence-corrected chi connectivity index (χ2v) is 4.71. The van der Waals surface area contributed by atoms with Crippen molar-refractivity contribution in [3.05, 3.63) is 11.6 Å². The molecule has 0 spiro atoms. The van der Waals surface area contributed by atoms with Crippen LogP contribution in [0.5, 0.6) is 0 Å². The van der Waals surface area contributed by atoms with Crippen LogP contribution in [0.3, 0.4) is 0 Å². The molecule has 0 radical (unpaired) electrons. The van der Waals surface area contributed by atoms with E-state index in [0.29, 0.717) is 0 Å². The Hall–Kier alpha value is -0.900. The van der Waals surface area contributed by atoms with Crippen LogP contribution >= 0.6 is 0 Å². The standard InChI is InChI=1S/C11H20N4/c1-4-7-15-9(2)13-14-10(15)11(3)5-6-12-8-11/h12H,4-8H2,1-3H3. The lowest BCUT2D eigenvalue weighted by atomic mass is 9.89. The van der Waals surface area contributed by atoms with Crippen molar-refractivity contribution in [2.75, 3.05) is 13.1 Å². The Morgan fingerprint density at radius 3 is 2.87 bits per heavy atom. The lowest BCUT2D eigenvalue weighted by Gasteiger charge is -2.22. The third-order valence-electron chi connectivity index (χ3n) is 3.29. The molecule has 1 aliphatic heterocycles. The Bertz CT molecular complexity index is 336. The van der Waals surface area contributed by atoms with Crippen LogP contribution in [0.2, 0.25) is 0 Å². The Kier molecular flexibility index (Phi) is 2.78. The molecule has 0 saturated carbocycles. The average molecular weight is 208 g/mol. The monoisotopic (exact) mass is 208 g/mol. The normalized spacial score (nSPS) is 26.1. The Labute approximate surface area is 91.1 Å². The quantitative estimate of drug-likeness (QED) is 0.813. The molecule has 2 heterocycles. The summed E-state index contributed by atoms with van der Waals surface area (Å²) in [5, 5.41) is 12.0. The molecule has 1 aromatic heterocycles. The van der Waals surface area contributed by atoms with Crippen molar-refractivity contribution in [3.63, 3.8) is 0 Å². The molecule has 0 aliphatic carbocycles. The van der Waals surface area contributed by atoms with Crippen molar-refractivity contribution in [3.8, 4) is 0 Å². The molecule has 4 heteroatoms. The summed E-state index contributed by atoms with van der Waals surface area (Å²) in [5.41, 5.74) is 0.177. The van der Waals surface area contributed by atoms with E-state index in [1.165, 1.54) is 0 Å². The van der Waals surface area contributed by atoms with Crippen LogP contribution in [-0.2, 0) is 12.0 Å². The molecular formula is C11H20N4. The SMILES string of the molecule is CCCn1c(C)nnc1C1(C)CCNC1. The first kappa shape index (κ1) is 10.6. The van der Waals surface area contributed by atoms with Crippen molar-refractivity contribution < 1.29 is 0 Å². The number of nitrogens with one attached hydrogen (secondary N) is 1. The highest BCUT2D eigenvalue weighted by Gasteiger charge is 2.35. The maximum absolute atomic E-state index is 4.36. The Balaban J connectivity index is 2.34. The second kappa shape index (κ2) is 3.93. The predicted molar refractivity (Wildman–Crippen MR) is 59.9 cm³/mol. The highest BCUT2D eigenvalue weighted by Crippen LogP contribution is 2.29. The highest BCUT2D eigenvalue weighted by molar-refractivity contribution is 5.12. The van der Waals surface area contributed by atoms with Crippen LogP contribution in [0.25, 0.3) is 0 Å². The van der Waals surface area contributed by atoms with Gasteiger partial charge in [-0.25, -0.2) is 0 Å². The zero-order valence-electron chi connectivity index (χ0n) is 9.88. The summed E-state index contributed by atoms with van der Waals surface area (Å²) in [4.78, 5) is 0. The molecule has 0 amide bonds. The van der Waals surface area contributed by atoms with Crippen LogP contribution in [0.15, 0.2) is 0 Å². The van der Waals surface area contributed by atoms with E-state index < -0.39 is 0 Å². The molecular weight excluding hydrogens is 188 g/mol. The predicted octanol–water partition coefficient (Wildman–Crippen LogP) is 1.25. The Morgan fingerprint density at radius 2 is 2.27 bits per heavy atom. The van der Waals surface area contributed by atoms with E-state index in [1.807, 2.05) is 6.92 Å². The zero-order chi connectivity index (χ0) is 10.9. The van der Waals surface area contributed by atoms with Gasteiger partial charge in [0.25, 0.3) is 0 Å². The van der Waals surface area contributed by atoms with Gasteiger partial charge in [0.15, 0.2) is 0 Å². The summed E-state index contributed by atoms with van der Waals surface area (Å²) in [5.74, 6) is 2.20. The fourth-order valence-electron chi connectivity index (χ4n) is 2.33. The van der Waals surface area contributed by atoms with Crippen LogP contribution in [0.4, 0.5) is 0 Å². The summed E-state index contributed by atoms with van der Waals surface area (Å²) in [6, 6.07) is 0. The van der Waals surface area contributed by atoms with E-state index in [1.54, 1.807) is 0 Å². The van der Waals surface area contributed by atoms with Gasteiger partial charge < -0.3 is 9.88 Å². The van der Waals surface area contributed by atoms with E-state index in [9.17, 15) is 0 Å².